The number of phosphoric acid groups is 2. The van der Waals surface area contributed by atoms with Gasteiger partial charge in [0.1, 0.15) is 19.3 Å². The van der Waals surface area contributed by atoms with E-state index in [-0.39, 0.29) is 25.7 Å². The summed E-state index contributed by atoms with van der Waals surface area (Å²) < 4.78 is 68.2. The van der Waals surface area contributed by atoms with E-state index in [2.05, 4.69) is 198 Å². The monoisotopic (exact) mass is 1480 g/mol. The van der Waals surface area contributed by atoms with Crippen LogP contribution in [0.15, 0.2) is 219 Å². The number of unbranched alkanes of at least 4 members (excludes halogenated alkanes) is 8. The van der Waals surface area contributed by atoms with Crippen molar-refractivity contribution in [3.8, 4) is 0 Å². The van der Waals surface area contributed by atoms with E-state index in [9.17, 15) is 43.2 Å². The predicted molar refractivity (Wildman–Crippen MR) is 426 cm³/mol. The number of phosphoric ester groups is 2. The second kappa shape index (κ2) is 74.6. The number of hydrogen-bond donors (Lipinski definition) is 3. The molecule has 3 N–H and O–H groups in total. The van der Waals surface area contributed by atoms with Crippen molar-refractivity contribution in [2.24, 2.45) is 0 Å². The van der Waals surface area contributed by atoms with Gasteiger partial charge in [0.25, 0.3) is 0 Å². The van der Waals surface area contributed by atoms with E-state index in [0.29, 0.717) is 32.1 Å². The number of rotatable bonds is 68. The van der Waals surface area contributed by atoms with E-state index in [1.165, 1.54) is 0 Å². The first-order valence-electron chi connectivity index (χ1n) is 38.0. The zero-order valence-corrected chi connectivity index (χ0v) is 65.1. The summed E-state index contributed by atoms with van der Waals surface area (Å²) in [5.74, 6) is -2.57. The molecule has 5 unspecified atom stereocenters. The van der Waals surface area contributed by atoms with Gasteiger partial charge in [0, 0.05) is 12.8 Å². The average molecular weight is 1490 g/mol. The lowest BCUT2D eigenvalue weighted by Gasteiger charge is -2.21. The van der Waals surface area contributed by atoms with Crippen LogP contribution >= 0.6 is 15.6 Å². The summed E-state index contributed by atoms with van der Waals surface area (Å²) in [7, 11) is -10.1. The van der Waals surface area contributed by atoms with Gasteiger partial charge in [-0.15, -0.1) is 0 Å². The Labute approximate surface area is 626 Å². The van der Waals surface area contributed by atoms with Gasteiger partial charge in [-0.25, -0.2) is 9.13 Å². The van der Waals surface area contributed by atoms with Crippen molar-refractivity contribution in [1.82, 2.24) is 0 Å². The quantitative estimate of drug-likeness (QED) is 0.0169. The lowest BCUT2D eigenvalue weighted by Crippen LogP contribution is -2.30. The molecule has 0 aliphatic rings. The minimum Gasteiger partial charge on any atom is -0.462 e. The van der Waals surface area contributed by atoms with E-state index < -0.39 is 97.5 Å². The fraction of sp³-hybridized carbons (Fsp3) is 0.529. The molecule has 0 saturated heterocycles. The molecule has 0 heterocycles. The van der Waals surface area contributed by atoms with Gasteiger partial charge >= 0.3 is 39.5 Å². The summed E-state index contributed by atoms with van der Waals surface area (Å²) in [6.45, 7) is 4.06. The molecule has 0 spiro atoms. The predicted octanol–water partition coefficient (Wildman–Crippen LogP) is 22.1. The highest BCUT2D eigenvalue weighted by Gasteiger charge is 2.30. The molecule has 582 valence electrons. The summed E-state index contributed by atoms with van der Waals surface area (Å²) >= 11 is 0. The number of ether oxygens (including phenoxy) is 4. The molecule has 104 heavy (non-hydrogen) atoms. The Morgan fingerprint density at radius 2 is 0.519 bits per heavy atom. The number of hydrogen-bond acceptors (Lipinski definition) is 15. The Kier molecular flexibility index (Phi) is 69.9. The maximum atomic E-state index is 13.1. The minimum atomic E-state index is -5.04. The smallest absolute Gasteiger partial charge is 0.462 e. The standard InChI is InChI=1S/C85H130O17P2/c1-5-9-13-17-21-25-29-33-37-38-39-40-44-46-50-54-58-62-66-70-83(88)96-76-81(102-85(90)72-68-64-60-56-52-48-43-36-32-28-24-20-16-12-8-4)78-100-104(93,94)98-74-79(86)73-97-103(91,92)99-77-80(101-84(89)71-67-63-59-55-51-47-42-35-31-27-23-19-15-11-7-3)75-95-82(87)69-65-61-57-53-49-45-41-34-30-26-22-18-14-10-6-2/h9-16,21-28,33-37,39-43,49,51-53,55-56,61,63,65,67,79-81,86H,5-8,17-20,29-32,38,44-48,50,54,57-60,62,64,66,68-78H2,1-4H3,(H,91,92)(H,93,94)/b13-9-,14-10-,15-11-,16-12-,25-21-,26-22-,27-23-,28-24-,37-33-,40-39-,41-34-,42-35-,43-36-,53-49-,55-51-,56-52-,65-61-,67-63-. The molecule has 19 heteroatoms. The Balaban J connectivity index is 5.56. The Bertz CT molecular complexity index is 2840. The Hall–Kier alpha value is -6.62. The minimum absolute atomic E-state index is 0.0246. The van der Waals surface area contributed by atoms with Crippen LogP contribution in [0.4, 0.5) is 0 Å². The maximum absolute atomic E-state index is 13.1. The summed E-state index contributed by atoms with van der Waals surface area (Å²) in [5, 5.41) is 10.6. The van der Waals surface area contributed by atoms with Gasteiger partial charge in [0.15, 0.2) is 12.2 Å². The fourth-order valence-electron chi connectivity index (χ4n) is 8.88. The molecule has 17 nitrogen and oxygen atoms in total. The van der Waals surface area contributed by atoms with Crippen LogP contribution in [0.25, 0.3) is 0 Å². The highest BCUT2D eigenvalue weighted by atomic mass is 31.2. The first-order chi connectivity index (χ1) is 50.7. The topological polar surface area (TPSA) is 237 Å². The molecule has 0 bridgehead atoms. The normalized spacial score (nSPS) is 15.1. The number of aliphatic hydroxyl groups excluding tert-OH is 1. The SMILES string of the molecule is CC/C=C\C/C=C\C/C=C\C/C=C\C/C=C\CC(=O)OCC(COP(=O)(O)OCC(O)COP(=O)(O)OCC(COC(=O)CCCCCCCC/C=C\C/C=C\C/C=C\C/C=C\CC)OC(=O)CCCC/C=C\C/C=C\C/C=C\C/C=C\CC)OC(=O)C/C=C\C/C=C\C/C=C\C/C=C\C/C=C\CC. The van der Waals surface area contributed by atoms with Crippen molar-refractivity contribution in [2.45, 2.75) is 251 Å². The van der Waals surface area contributed by atoms with Gasteiger partial charge < -0.3 is 33.8 Å². The molecular weight excluding hydrogens is 1350 g/mol. The van der Waals surface area contributed by atoms with Gasteiger partial charge in [0.05, 0.1) is 39.3 Å². The molecule has 0 aromatic carbocycles. The number of carbonyl (C=O) groups is 4. The highest BCUT2D eigenvalue weighted by Crippen LogP contribution is 2.45. The first-order valence-corrected chi connectivity index (χ1v) is 41.0. The van der Waals surface area contributed by atoms with Gasteiger partial charge in [-0.1, -0.05) is 272 Å². The molecule has 0 aromatic rings. The summed E-state index contributed by atoms with van der Waals surface area (Å²) in [6, 6.07) is 0. The van der Waals surface area contributed by atoms with Crippen LogP contribution in [0.3, 0.4) is 0 Å². The van der Waals surface area contributed by atoms with Crippen molar-refractivity contribution in [3.05, 3.63) is 219 Å². The van der Waals surface area contributed by atoms with Crippen molar-refractivity contribution < 1.29 is 80.2 Å². The van der Waals surface area contributed by atoms with Crippen molar-refractivity contribution in [1.29, 1.82) is 0 Å². The zero-order valence-electron chi connectivity index (χ0n) is 63.3. The van der Waals surface area contributed by atoms with Crippen LogP contribution in [0.2, 0.25) is 0 Å². The third-order valence-electron chi connectivity index (χ3n) is 14.5. The van der Waals surface area contributed by atoms with Crippen molar-refractivity contribution >= 4 is 39.5 Å². The van der Waals surface area contributed by atoms with Crippen molar-refractivity contribution in [2.75, 3.05) is 39.6 Å². The number of carbonyl (C=O) groups excluding carboxylic acids is 4. The summed E-state index contributed by atoms with van der Waals surface area (Å²) in [5.41, 5.74) is 0. The molecule has 0 rings (SSSR count). The molecule has 0 aliphatic heterocycles. The fourth-order valence-corrected chi connectivity index (χ4v) is 10.5. The van der Waals surface area contributed by atoms with E-state index in [4.69, 9.17) is 37.0 Å². The number of esters is 4. The molecule has 0 aromatic heterocycles. The second-order valence-electron chi connectivity index (χ2n) is 24.1. The van der Waals surface area contributed by atoms with Crippen LogP contribution in [-0.2, 0) is 65.4 Å². The van der Waals surface area contributed by atoms with E-state index in [1.807, 2.05) is 24.3 Å². The van der Waals surface area contributed by atoms with Gasteiger partial charge in [-0.2, -0.15) is 0 Å². The molecule has 0 fully saturated rings. The second-order valence-corrected chi connectivity index (χ2v) is 27.0. The van der Waals surface area contributed by atoms with Crippen LogP contribution in [0.1, 0.15) is 233 Å². The Morgan fingerprint density at radius 3 is 0.865 bits per heavy atom. The van der Waals surface area contributed by atoms with Gasteiger partial charge in [0.2, 0.25) is 0 Å². The largest absolute Gasteiger partial charge is 0.472 e. The lowest BCUT2D eigenvalue weighted by atomic mass is 10.1. The average Bonchev–Trinajstić information content (AvgIpc) is 0.912. The van der Waals surface area contributed by atoms with Crippen LogP contribution in [0.5, 0.6) is 0 Å². The number of aliphatic hydroxyl groups is 1. The molecular formula is C85H130O17P2. The highest BCUT2D eigenvalue weighted by molar-refractivity contribution is 7.47. The maximum Gasteiger partial charge on any atom is 0.472 e. The summed E-state index contributed by atoms with van der Waals surface area (Å²) in [6.07, 6.45) is 94.3. The summed E-state index contributed by atoms with van der Waals surface area (Å²) in [4.78, 5) is 72.8. The molecule has 5 atom stereocenters. The molecule has 0 aliphatic carbocycles. The van der Waals surface area contributed by atoms with Crippen molar-refractivity contribution in [3.63, 3.8) is 0 Å². The molecule has 0 radical (unpaired) electrons. The third kappa shape index (κ3) is 73.7. The van der Waals surface area contributed by atoms with E-state index in [1.54, 1.807) is 24.3 Å². The van der Waals surface area contributed by atoms with Crippen LogP contribution < -0.4 is 0 Å². The van der Waals surface area contributed by atoms with Gasteiger partial charge in [-0.3, -0.25) is 37.3 Å². The third-order valence-corrected chi connectivity index (χ3v) is 16.4. The van der Waals surface area contributed by atoms with Gasteiger partial charge in [-0.05, 0) is 154 Å². The molecule has 0 saturated carbocycles. The van der Waals surface area contributed by atoms with E-state index >= 15 is 0 Å². The zero-order chi connectivity index (χ0) is 76.0. The number of allylic oxidation sites excluding steroid dienone is 34. The van der Waals surface area contributed by atoms with Crippen LogP contribution in [0, 0.1) is 0 Å². The van der Waals surface area contributed by atoms with Crippen LogP contribution in [-0.4, -0.2) is 96.7 Å². The van der Waals surface area contributed by atoms with E-state index in [0.717, 1.165) is 148 Å². The Morgan fingerprint density at radius 1 is 0.279 bits per heavy atom. The molecule has 0 amide bonds. The first kappa shape index (κ1) is 97.4. The lowest BCUT2D eigenvalue weighted by molar-refractivity contribution is -0.161.